The number of nitrogens with zero attached hydrogens (tertiary/aromatic N) is 1. The number of carbonyl (C=O) groups excluding carboxylic acids is 1. The van der Waals surface area contributed by atoms with Crippen LogP contribution in [0.2, 0.25) is 0 Å². The Bertz CT molecular complexity index is 202. The van der Waals surface area contributed by atoms with Crippen LogP contribution >= 0.6 is 15.9 Å². The molecule has 96 valence electrons. The van der Waals surface area contributed by atoms with E-state index in [1.54, 1.807) is 7.11 Å². The van der Waals surface area contributed by atoms with Crippen LogP contribution in [-0.2, 0) is 19.1 Å². The van der Waals surface area contributed by atoms with Crippen molar-refractivity contribution in [3.63, 3.8) is 0 Å². The molecule has 0 bridgehead atoms. The standard InChI is InChI=1S/C6H11NO4.C3H7BrO.Na/c1-5(6(8)9)7-11-4-3-10-2;1-5-3-2-4;/h3-4H2,1-2H3,(H,8,9);2-3H2,1H3;/q;;+1/p-1. The van der Waals surface area contributed by atoms with Gasteiger partial charge in [0.2, 0.25) is 0 Å². The van der Waals surface area contributed by atoms with Crippen molar-refractivity contribution in [3.05, 3.63) is 0 Å². The van der Waals surface area contributed by atoms with Gasteiger partial charge in [0.25, 0.3) is 0 Å². The Kier molecular flexibility index (Phi) is 24.8. The maximum atomic E-state index is 10.0. The van der Waals surface area contributed by atoms with Gasteiger partial charge in [-0.3, -0.25) is 0 Å². The molecule has 0 aromatic carbocycles. The van der Waals surface area contributed by atoms with Gasteiger partial charge in [-0.05, 0) is 6.92 Å². The number of carboxylic acid groups (broad SMARTS) is 1. The summed E-state index contributed by atoms with van der Waals surface area (Å²) in [5.74, 6) is -1.33. The minimum atomic E-state index is -1.33. The summed E-state index contributed by atoms with van der Waals surface area (Å²) in [7, 11) is 3.19. The van der Waals surface area contributed by atoms with Crippen LogP contribution in [0, 0.1) is 0 Å². The van der Waals surface area contributed by atoms with Crippen molar-refractivity contribution in [1.29, 1.82) is 0 Å². The fraction of sp³-hybridized carbons (Fsp3) is 0.778. The molecule has 0 aliphatic heterocycles. The van der Waals surface area contributed by atoms with Crippen molar-refractivity contribution >= 4 is 27.6 Å². The number of hydrogen-bond donors (Lipinski definition) is 0. The molecular weight excluding hydrogens is 305 g/mol. The molecule has 0 N–H and O–H groups in total. The van der Waals surface area contributed by atoms with Gasteiger partial charge in [0.05, 0.1) is 24.9 Å². The molecule has 0 saturated carbocycles. The van der Waals surface area contributed by atoms with Gasteiger partial charge in [-0.1, -0.05) is 21.1 Å². The number of aliphatic carboxylic acids is 1. The third-order valence-corrected chi connectivity index (χ3v) is 1.48. The summed E-state index contributed by atoms with van der Waals surface area (Å²) in [6.07, 6.45) is 0. The smallest absolute Gasteiger partial charge is 0.543 e. The van der Waals surface area contributed by atoms with Gasteiger partial charge in [-0.2, -0.15) is 0 Å². The second-order valence-electron chi connectivity index (χ2n) is 2.47. The molecule has 0 saturated heterocycles. The first-order valence-corrected chi connectivity index (χ1v) is 5.64. The zero-order chi connectivity index (χ0) is 12.8. The Morgan fingerprint density at radius 2 is 1.76 bits per heavy atom. The number of carbonyl (C=O) groups is 1. The van der Waals surface area contributed by atoms with Crippen molar-refractivity contribution in [1.82, 2.24) is 0 Å². The Morgan fingerprint density at radius 3 is 2.06 bits per heavy atom. The number of ether oxygens (including phenoxy) is 2. The average Bonchev–Trinajstić information content (AvgIpc) is 2.26. The van der Waals surface area contributed by atoms with Crippen molar-refractivity contribution < 1.29 is 53.8 Å². The predicted octanol–water partition coefficient (Wildman–Crippen LogP) is -3.19. The first-order chi connectivity index (χ1) is 7.59. The molecule has 8 heteroatoms. The van der Waals surface area contributed by atoms with Crippen LogP contribution in [0.15, 0.2) is 5.16 Å². The van der Waals surface area contributed by atoms with Gasteiger partial charge >= 0.3 is 29.6 Å². The van der Waals surface area contributed by atoms with Crippen LogP contribution in [0.3, 0.4) is 0 Å². The maximum Gasteiger partial charge on any atom is 1.00 e. The van der Waals surface area contributed by atoms with Crippen LogP contribution in [0.1, 0.15) is 6.92 Å². The van der Waals surface area contributed by atoms with E-state index in [0.717, 1.165) is 11.9 Å². The van der Waals surface area contributed by atoms with Crippen LogP contribution in [0.5, 0.6) is 0 Å². The second kappa shape index (κ2) is 18.7. The van der Waals surface area contributed by atoms with E-state index in [9.17, 15) is 9.90 Å². The molecule has 0 radical (unpaired) electrons. The van der Waals surface area contributed by atoms with E-state index in [1.807, 2.05) is 0 Å². The van der Waals surface area contributed by atoms with E-state index in [0.29, 0.717) is 6.61 Å². The number of alkyl halides is 1. The summed E-state index contributed by atoms with van der Waals surface area (Å²) < 4.78 is 9.27. The molecule has 0 amide bonds. The van der Waals surface area contributed by atoms with E-state index in [1.165, 1.54) is 14.0 Å². The van der Waals surface area contributed by atoms with Crippen molar-refractivity contribution in [2.24, 2.45) is 5.16 Å². The summed E-state index contributed by atoms with van der Waals surface area (Å²) in [5.41, 5.74) is -0.180. The molecular formula is C9H17BrNNaO5. The Morgan fingerprint density at radius 1 is 1.24 bits per heavy atom. The van der Waals surface area contributed by atoms with Crippen LogP contribution in [-0.4, -0.2) is 51.1 Å². The minimum absolute atomic E-state index is 0. The molecule has 6 nitrogen and oxygen atoms in total. The summed E-state index contributed by atoms with van der Waals surface area (Å²) in [6, 6.07) is 0. The molecule has 0 aromatic rings. The third-order valence-electron chi connectivity index (χ3n) is 1.16. The monoisotopic (exact) mass is 321 g/mol. The van der Waals surface area contributed by atoms with E-state index >= 15 is 0 Å². The maximum absolute atomic E-state index is 10.0. The van der Waals surface area contributed by atoms with Gasteiger partial charge in [0.15, 0.2) is 0 Å². The summed E-state index contributed by atoms with van der Waals surface area (Å²) in [4.78, 5) is 14.5. The van der Waals surface area contributed by atoms with Gasteiger partial charge in [-0.15, -0.1) is 0 Å². The number of carboxylic acids is 1. The molecule has 0 aromatic heterocycles. The van der Waals surface area contributed by atoms with Crippen molar-refractivity contribution in [2.75, 3.05) is 39.4 Å². The van der Waals surface area contributed by atoms with Crippen LogP contribution in [0.25, 0.3) is 0 Å². The molecule has 0 aliphatic carbocycles. The molecule has 17 heavy (non-hydrogen) atoms. The number of hydrogen-bond acceptors (Lipinski definition) is 6. The largest absolute Gasteiger partial charge is 1.00 e. The molecule has 0 fully saturated rings. The molecule has 0 spiro atoms. The number of halogens is 1. The van der Waals surface area contributed by atoms with Gasteiger partial charge in [-0.25, -0.2) is 0 Å². The fourth-order valence-corrected chi connectivity index (χ4v) is 0.701. The Hall–Kier alpha value is 0.340. The van der Waals surface area contributed by atoms with Gasteiger partial charge in [0, 0.05) is 19.5 Å². The third kappa shape index (κ3) is 22.1. The fourth-order valence-electron chi connectivity index (χ4n) is 0.377. The summed E-state index contributed by atoms with van der Waals surface area (Å²) in [5, 5.41) is 14.2. The predicted molar refractivity (Wildman–Crippen MR) is 61.6 cm³/mol. The normalized spacial score (nSPS) is 9.76. The second-order valence-corrected chi connectivity index (χ2v) is 3.26. The molecule has 0 heterocycles. The molecule has 0 atom stereocenters. The molecule has 0 rings (SSSR count). The Balaban J connectivity index is -0.000000280. The first-order valence-electron chi connectivity index (χ1n) is 4.51. The van der Waals surface area contributed by atoms with Crippen molar-refractivity contribution in [2.45, 2.75) is 6.92 Å². The summed E-state index contributed by atoms with van der Waals surface area (Å²) >= 11 is 3.18. The van der Waals surface area contributed by atoms with Gasteiger partial charge < -0.3 is 24.2 Å². The molecule has 0 unspecified atom stereocenters. The number of rotatable bonds is 7. The van der Waals surface area contributed by atoms with Crippen LogP contribution < -0.4 is 34.7 Å². The zero-order valence-electron chi connectivity index (χ0n) is 10.7. The van der Waals surface area contributed by atoms with Gasteiger partial charge in [0.1, 0.15) is 6.61 Å². The van der Waals surface area contributed by atoms with Crippen LogP contribution in [0.4, 0.5) is 0 Å². The topological polar surface area (TPSA) is 80.2 Å². The van der Waals surface area contributed by atoms with E-state index in [2.05, 4.69) is 35.4 Å². The SMILES string of the molecule is COCCBr.COCCON=C(C)C(=O)[O-].[Na+]. The van der Waals surface area contributed by atoms with Crippen molar-refractivity contribution in [3.8, 4) is 0 Å². The minimum Gasteiger partial charge on any atom is -0.543 e. The zero-order valence-corrected chi connectivity index (χ0v) is 14.3. The Labute approximate surface area is 132 Å². The number of methoxy groups -OCH3 is 2. The van der Waals surface area contributed by atoms with E-state index < -0.39 is 5.97 Å². The first kappa shape index (κ1) is 22.5. The van der Waals surface area contributed by atoms with E-state index in [-0.39, 0.29) is 41.9 Å². The quantitative estimate of drug-likeness (QED) is 0.162. The summed E-state index contributed by atoms with van der Waals surface area (Å²) in [6.45, 7) is 2.72. The molecule has 0 aliphatic rings. The van der Waals surface area contributed by atoms with E-state index in [4.69, 9.17) is 0 Å². The average molecular weight is 322 g/mol. The number of oxime groups is 1.